The zero-order valence-electron chi connectivity index (χ0n) is 18.3. The minimum atomic E-state index is -1.04. The van der Waals surface area contributed by atoms with Gasteiger partial charge in [-0.05, 0) is 47.4 Å². The van der Waals surface area contributed by atoms with Crippen molar-refractivity contribution in [2.75, 3.05) is 13.2 Å². The summed E-state index contributed by atoms with van der Waals surface area (Å²) in [6.07, 6.45) is 4.73. The molecule has 7 heteroatoms. The molecule has 0 bridgehead atoms. The number of hydrogen-bond acceptors (Lipinski definition) is 4. The van der Waals surface area contributed by atoms with E-state index in [9.17, 15) is 14.4 Å². The number of carbonyl (C=O) groups is 3. The Labute approximate surface area is 192 Å². The number of amides is 2. The summed E-state index contributed by atoms with van der Waals surface area (Å²) in [5.74, 6) is -0.940. The van der Waals surface area contributed by atoms with Gasteiger partial charge in [0.1, 0.15) is 6.61 Å². The molecule has 2 aromatic carbocycles. The van der Waals surface area contributed by atoms with E-state index in [1.165, 1.54) is 28.3 Å². The molecule has 0 unspecified atom stereocenters. The second-order valence-electron chi connectivity index (χ2n) is 8.59. The van der Waals surface area contributed by atoms with Crippen molar-refractivity contribution in [3.8, 4) is 11.1 Å². The van der Waals surface area contributed by atoms with Gasteiger partial charge < -0.3 is 20.5 Å². The Bertz CT molecular complexity index is 1020. The maximum absolute atomic E-state index is 12.5. The number of hydrogen-bond donors (Lipinski definition) is 3. The molecule has 4 rings (SSSR count). The highest BCUT2D eigenvalue weighted by Gasteiger charge is 2.31. The Morgan fingerprint density at radius 3 is 2.33 bits per heavy atom. The third-order valence-electron chi connectivity index (χ3n) is 6.36. The summed E-state index contributed by atoms with van der Waals surface area (Å²) < 4.78 is 5.62. The Hall–Kier alpha value is -3.61. The molecule has 0 heterocycles. The minimum Gasteiger partial charge on any atom is -0.478 e. The zero-order chi connectivity index (χ0) is 23.2. The van der Waals surface area contributed by atoms with Crippen LogP contribution in [0.2, 0.25) is 0 Å². The fraction of sp³-hybridized carbons (Fsp3) is 0.346. The number of carboxylic acid groups (broad SMARTS) is 1. The van der Waals surface area contributed by atoms with Crippen molar-refractivity contribution in [2.45, 2.75) is 37.6 Å². The number of aliphatic carboxylic acids is 1. The predicted molar refractivity (Wildman–Crippen MR) is 124 cm³/mol. The number of rotatable bonds is 8. The lowest BCUT2D eigenvalue weighted by atomic mass is 9.98. The first-order chi connectivity index (χ1) is 16.0. The molecule has 3 N–H and O–H groups in total. The van der Waals surface area contributed by atoms with Crippen LogP contribution < -0.4 is 10.6 Å². The SMILES string of the molecule is O=C(O)/C=C/CNC(=O)C[C@@H]1CC[C@H](NC(=O)OCC2c3ccccc3-c3ccccc32)C1. The molecule has 1 saturated carbocycles. The molecule has 2 atom stereocenters. The van der Waals surface area contributed by atoms with E-state index in [1.54, 1.807) is 0 Å². The van der Waals surface area contributed by atoms with Gasteiger partial charge in [-0.15, -0.1) is 0 Å². The topological polar surface area (TPSA) is 105 Å². The van der Waals surface area contributed by atoms with Crippen molar-refractivity contribution in [1.29, 1.82) is 0 Å². The van der Waals surface area contributed by atoms with E-state index in [0.717, 1.165) is 25.3 Å². The molecular weight excluding hydrogens is 420 g/mol. The van der Waals surface area contributed by atoms with Gasteiger partial charge in [0.2, 0.25) is 5.91 Å². The number of alkyl carbamates (subject to hydrolysis) is 1. The average molecular weight is 449 g/mol. The maximum atomic E-state index is 12.5. The first-order valence-electron chi connectivity index (χ1n) is 11.3. The van der Waals surface area contributed by atoms with E-state index >= 15 is 0 Å². The summed E-state index contributed by atoms with van der Waals surface area (Å²) in [5, 5.41) is 14.2. The Kier molecular flexibility index (Phi) is 7.07. The van der Waals surface area contributed by atoms with Crippen LogP contribution in [0.4, 0.5) is 4.79 Å². The molecule has 2 aliphatic carbocycles. The highest BCUT2D eigenvalue weighted by Crippen LogP contribution is 2.44. The van der Waals surface area contributed by atoms with Crippen LogP contribution in [-0.4, -0.2) is 42.3 Å². The highest BCUT2D eigenvalue weighted by molar-refractivity contribution is 5.80. The fourth-order valence-corrected chi connectivity index (χ4v) is 4.87. The molecule has 0 radical (unpaired) electrons. The van der Waals surface area contributed by atoms with Gasteiger partial charge in [0.05, 0.1) is 0 Å². The molecule has 2 aliphatic rings. The molecule has 172 valence electrons. The van der Waals surface area contributed by atoms with E-state index in [-0.39, 0.29) is 36.9 Å². The summed E-state index contributed by atoms with van der Waals surface area (Å²) in [6, 6.07) is 16.4. The van der Waals surface area contributed by atoms with Gasteiger partial charge in [-0.3, -0.25) is 4.79 Å². The molecule has 0 spiro atoms. The van der Waals surface area contributed by atoms with E-state index in [4.69, 9.17) is 9.84 Å². The van der Waals surface area contributed by atoms with Crippen molar-refractivity contribution >= 4 is 18.0 Å². The van der Waals surface area contributed by atoms with Crippen LogP contribution in [0.5, 0.6) is 0 Å². The normalized spacial score (nSPS) is 19.2. The van der Waals surface area contributed by atoms with Crippen molar-refractivity contribution in [3.63, 3.8) is 0 Å². The maximum Gasteiger partial charge on any atom is 0.407 e. The van der Waals surface area contributed by atoms with Gasteiger partial charge >= 0.3 is 12.1 Å². The molecule has 2 amide bonds. The summed E-state index contributed by atoms with van der Waals surface area (Å²) in [6.45, 7) is 0.474. The summed E-state index contributed by atoms with van der Waals surface area (Å²) in [5.41, 5.74) is 4.74. The minimum absolute atomic E-state index is 0.00893. The molecule has 2 aromatic rings. The van der Waals surface area contributed by atoms with Crippen molar-refractivity contribution in [1.82, 2.24) is 10.6 Å². The van der Waals surface area contributed by atoms with Crippen LogP contribution in [-0.2, 0) is 14.3 Å². The van der Waals surface area contributed by atoms with E-state index in [0.29, 0.717) is 6.42 Å². The lowest BCUT2D eigenvalue weighted by molar-refractivity contribution is -0.131. The summed E-state index contributed by atoms with van der Waals surface area (Å²) in [7, 11) is 0. The van der Waals surface area contributed by atoms with Gasteiger partial charge in [-0.25, -0.2) is 9.59 Å². The predicted octanol–water partition coefficient (Wildman–Crippen LogP) is 3.84. The van der Waals surface area contributed by atoms with Crippen LogP contribution in [0.25, 0.3) is 11.1 Å². The molecule has 33 heavy (non-hydrogen) atoms. The van der Waals surface area contributed by atoms with Gasteiger partial charge in [0.25, 0.3) is 0 Å². The smallest absolute Gasteiger partial charge is 0.407 e. The second-order valence-corrected chi connectivity index (χ2v) is 8.59. The largest absolute Gasteiger partial charge is 0.478 e. The monoisotopic (exact) mass is 448 g/mol. The highest BCUT2D eigenvalue weighted by atomic mass is 16.5. The lowest BCUT2D eigenvalue weighted by Gasteiger charge is -2.17. The van der Waals surface area contributed by atoms with Gasteiger partial charge in [0, 0.05) is 31.0 Å². The molecule has 1 fully saturated rings. The summed E-state index contributed by atoms with van der Waals surface area (Å²) in [4.78, 5) is 34.9. The van der Waals surface area contributed by atoms with Crippen molar-refractivity contribution in [3.05, 3.63) is 71.8 Å². The zero-order valence-corrected chi connectivity index (χ0v) is 18.3. The first-order valence-corrected chi connectivity index (χ1v) is 11.3. The standard InChI is InChI=1S/C26H28N2O5/c29-24(27-13-5-10-25(30)31)15-17-11-12-18(14-17)28-26(32)33-16-23-21-8-3-1-6-19(21)20-7-2-4-9-22(20)23/h1-10,17-18,23H,11-16H2,(H,27,29)(H,28,32)(H,30,31)/b10-5+/t17-,18+/m1/s1. The number of carbonyl (C=O) groups excluding carboxylic acids is 2. The van der Waals surface area contributed by atoms with E-state index < -0.39 is 12.1 Å². The molecule has 7 nitrogen and oxygen atoms in total. The Balaban J connectivity index is 1.23. The van der Waals surface area contributed by atoms with Gasteiger partial charge in [-0.1, -0.05) is 54.6 Å². The average Bonchev–Trinajstić information content (AvgIpc) is 3.37. The third kappa shape index (κ3) is 5.61. The van der Waals surface area contributed by atoms with Crippen LogP contribution >= 0.6 is 0 Å². The second kappa shape index (κ2) is 10.3. The van der Waals surface area contributed by atoms with E-state index in [1.807, 2.05) is 24.3 Å². The van der Waals surface area contributed by atoms with Gasteiger partial charge in [-0.2, -0.15) is 0 Å². The van der Waals surface area contributed by atoms with Crippen molar-refractivity contribution in [2.24, 2.45) is 5.92 Å². The van der Waals surface area contributed by atoms with Crippen LogP contribution in [0, 0.1) is 5.92 Å². The van der Waals surface area contributed by atoms with Crippen LogP contribution in [0.15, 0.2) is 60.7 Å². The lowest BCUT2D eigenvalue weighted by Crippen LogP contribution is -2.34. The molecular formula is C26H28N2O5. The fourth-order valence-electron chi connectivity index (χ4n) is 4.87. The number of nitrogens with one attached hydrogen (secondary N) is 2. The summed E-state index contributed by atoms with van der Waals surface area (Å²) >= 11 is 0. The number of fused-ring (bicyclic) bond motifs is 3. The number of benzene rings is 2. The number of carboxylic acids is 1. The number of ether oxygens (including phenoxy) is 1. The first kappa shape index (κ1) is 22.6. The molecule has 0 saturated heterocycles. The van der Waals surface area contributed by atoms with Gasteiger partial charge in [0.15, 0.2) is 0 Å². The van der Waals surface area contributed by atoms with Crippen LogP contribution in [0.1, 0.15) is 42.7 Å². The molecule has 0 aliphatic heterocycles. The Morgan fingerprint density at radius 1 is 1.00 bits per heavy atom. The Morgan fingerprint density at radius 2 is 1.67 bits per heavy atom. The van der Waals surface area contributed by atoms with E-state index in [2.05, 4.69) is 34.9 Å². The molecule has 0 aromatic heterocycles. The van der Waals surface area contributed by atoms with Crippen molar-refractivity contribution < 1.29 is 24.2 Å². The van der Waals surface area contributed by atoms with Crippen LogP contribution in [0.3, 0.4) is 0 Å². The quantitative estimate of drug-likeness (QED) is 0.532. The third-order valence-corrected chi connectivity index (χ3v) is 6.36.